The summed E-state index contributed by atoms with van der Waals surface area (Å²) in [6.45, 7) is 3.23. The van der Waals surface area contributed by atoms with Gasteiger partial charge in [0.25, 0.3) is 0 Å². The SMILES string of the molecule is CC(CO)N1CCOc2c(Cl)c(-c3ccc(F)c4sc(N)c(C#N)c34)c(F)c3nc(OC[C@@]45CCCN4C[C@H](F)C5)nc1c23. The number of nitriles is 1. The fourth-order valence-corrected chi connectivity index (χ4v) is 8.20. The Morgan fingerprint density at radius 1 is 1.32 bits per heavy atom. The monoisotopic (exact) mass is 644 g/mol. The van der Waals surface area contributed by atoms with Crippen molar-refractivity contribution in [2.24, 2.45) is 0 Å². The molecule has 2 saturated heterocycles. The van der Waals surface area contributed by atoms with Crippen LogP contribution in [0.25, 0.3) is 32.1 Å². The van der Waals surface area contributed by atoms with Crippen LogP contribution >= 0.6 is 22.9 Å². The molecule has 4 aromatic rings. The highest BCUT2D eigenvalue weighted by molar-refractivity contribution is 7.23. The molecule has 0 radical (unpaired) electrons. The molecule has 7 rings (SSSR count). The van der Waals surface area contributed by atoms with Crippen molar-refractivity contribution in [1.29, 1.82) is 5.26 Å². The van der Waals surface area contributed by atoms with Crippen LogP contribution in [0.4, 0.5) is 24.0 Å². The Morgan fingerprint density at radius 3 is 2.91 bits per heavy atom. The Bertz CT molecular complexity index is 1870. The van der Waals surface area contributed by atoms with Crippen LogP contribution < -0.4 is 20.1 Å². The van der Waals surface area contributed by atoms with Crippen LogP contribution in [0.1, 0.15) is 31.7 Å². The Morgan fingerprint density at radius 2 is 2.14 bits per heavy atom. The van der Waals surface area contributed by atoms with Gasteiger partial charge in [-0.2, -0.15) is 15.2 Å². The number of alkyl halides is 1. The molecule has 3 atom stereocenters. The zero-order valence-corrected chi connectivity index (χ0v) is 25.2. The maximum Gasteiger partial charge on any atom is 0.319 e. The van der Waals surface area contributed by atoms with Gasteiger partial charge < -0.3 is 25.2 Å². The Labute approximate surface area is 259 Å². The fourth-order valence-electron chi connectivity index (χ4n) is 6.92. The summed E-state index contributed by atoms with van der Waals surface area (Å²) >= 11 is 7.80. The smallest absolute Gasteiger partial charge is 0.319 e. The predicted octanol–water partition coefficient (Wildman–Crippen LogP) is 5.43. The molecule has 44 heavy (non-hydrogen) atoms. The molecule has 9 nitrogen and oxygen atoms in total. The lowest BCUT2D eigenvalue weighted by atomic mass is 9.95. The van der Waals surface area contributed by atoms with E-state index in [0.29, 0.717) is 13.0 Å². The van der Waals surface area contributed by atoms with E-state index in [1.54, 1.807) is 11.8 Å². The number of nitrogens with zero attached hydrogens (tertiary/aromatic N) is 5. The quantitative estimate of drug-likeness (QED) is 0.283. The molecule has 2 aromatic carbocycles. The second kappa shape index (κ2) is 10.8. The van der Waals surface area contributed by atoms with Crippen LogP contribution in [0.15, 0.2) is 12.1 Å². The number of aliphatic hydroxyl groups is 1. The molecule has 2 aromatic heterocycles. The van der Waals surface area contributed by atoms with Crippen molar-refractivity contribution in [3.63, 3.8) is 0 Å². The van der Waals surface area contributed by atoms with E-state index in [4.69, 9.17) is 26.8 Å². The predicted molar refractivity (Wildman–Crippen MR) is 162 cm³/mol. The highest BCUT2D eigenvalue weighted by Gasteiger charge is 2.49. The second-order valence-corrected chi connectivity index (χ2v) is 13.0. The van der Waals surface area contributed by atoms with Gasteiger partial charge in [-0.3, -0.25) is 4.90 Å². The third-order valence-electron chi connectivity index (χ3n) is 9.02. The van der Waals surface area contributed by atoms with Gasteiger partial charge in [0.05, 0.1) is 45.4 Å². The Balaban J connectivity index is 1.46. The zero-order chi connectivity index (χ0) is 30.9. The molecule has 0 bridgehead atoms. The van der Waals surface area contributed by atoms with Crippen LogP contribution in [0.2, 0.25) is 5.02 Å². The molecule has 0 spiro atoms. The van der Waals surface area contributed by atoms with Gasteiger partial charge in [0, 0.05) is 23.9 Å². The molecule has 3 aliphatic rings. The first-order valence-electron chi connectivity index (χ1n) is 14.3. The van der Waals surface area contributed by atoms with Crippen molar-refractivity contribution in [1.82, 2.24) is 14.9 Å². The number of fused-ring (bicyclic) bond motifs is 2. The minimum atomic E-state index is -0.958. The molecule has 0 saturated carbocycles. The molecule has 1 unspecified atom stereocenters. The molecule has 3 aliphatic heterocycles. The molecule has 0 amide bonds. The van der Waals surface area contributed by atoms with Gasteiger partial charge in [-0.15, -0.1) is 11.3 Å². The van der Waals surface area contributed by atoms with Crippen LogP contribution in [-0.2, 0) is 0 Å². The summed E-state index contributed by atoms with van der Waals surface area (Å²) < 4.78 is 58.5. The topological polar surface area (TPSA) is 121 Å². The first-order valence-corrected chi connectivity index (χ1v) is 15.5. The van der Waals surface area contributed by atoms with E-state index in [2.05, 4.69) is 14.9 Å². The van der Waals surface area contributed by atoms with Gasteiger partial charge in [-0.05, 0) is 37.9 Å². The summed E-state index contributed by atoms with van der Waals surface area (Å²) in [6.07, 6.45) is 1.06. The summed E-state index contributed by atoms with van der Waals surface area (Å²) in [5.41, 5.74) is 5.43. The van der Waals surface area contributed by atoms with Crippen LogP contribution in [0, 0.1) is 23.0 Å². The van der Waals surface area contributed by atoms with Gasteiger partial charge >= 0.3 is 6.01 Å². The number of rotatable bonds is 6. The average molecular weight is 645 g/mol. The lowest BCUT2D eigenvalue weighted by molar-refractivity contribution is 0.107. The van der Waals surface area contributed by atoms with Crippen molar-refractivity contribution in [2.45, 2.75) is 43.9 Å². The summed E-state index contributed by atoms with van der Waals surface area (Å²) in [7, 11) is 0. The molecule has 3 N–H and O–H groups in total. The van der Waals surface area contributed by atoms with Gasteiger partial charge in [-0.25, -0.2) is 13.2 Å². The molecule has 2 fully saturated rings. The van der Waals surface area contributed by atoms with E-state index < -0.39 is 29.4 Å². The number of nitrogen functional groups attached to an aromatic ring is 1. The molecular weight excluding hydrogens is 617 g/mol. The molecule has 5 heterocycles. The first-order chi connectivity index (χ1) is 21.2. The lowest BCUT2D eigenvalue weighted by Crippen LogP contribution is -2.43. The maximum absolute atomic E-state index is 16.9. The highest BCUT2D eigenvalue weighted by atomic mass is 35.5. The minimum Gasteiger partial charge on any atom is -0.489 e. The summed E-state index contributed by atoms with van der Waals surface area (Å²) in [6, 6.07) is 3.99. The number of aliphatic hydroxyl groups excluding tert-OH is 1. The summed E-state index contributed by atoms with van der Waals surface area (Å²) in [5.74, 6) is -1.08. The second-order valence-electron chi connectivity index (χ2n) is 11.6. The summed E-state index contributed by atoms with van der Waals surface area (Å²) in [4.78, 5) is 13.0. The summed E-state index contributed by atoms with van der Waals surface area (Å²) in [5, 5.41) is 20.2. The fraction of sp³-hybridized carbons (Fsp3) is 0.433. The van der Waals surface area contributed by atoms with E-state index in [1.807, 2.05) is 6.07 Å². The number of anilines is 2. The number of aromatic nitrogens is 2. The number of nitrogens with two attached hydrogens (primary N) is 1. The van der Waals surface area contributed by atoms with Crippen molar-refractivity contribution in [3.8, 4) is 29.0 Å². The van der Waals surface area contributed by atoms with E-state index in [1.165, 1.54) is 12.1 Å². The van der Waals surface area contributed by atoms with Crippen LogP contribution in [0.5, 0.6) is 11.8 Å². The van der Waals surface area contributed by atoms with Crippen LogP contribution in [-0.4, -0.2) is 77.2 Å². The molecule has 14 heteroatoms. The molecular formula is C30H28ClF3N6O3S. The number of ether oxygens (including phenoxy) is 2. The first kappa shape index (κ1) is 29.2. The number of benzene rings is 2. The highest BCUT2D eigenvalue weighted by Crippen LogP contribution is 2.51. The third-order valence-corrected chi connectivity index (χ3v) is 10.4. The number of halogens is 4. The van der Waals surface area contributed by atoms with Crippen molar-refractivity contribution in [2.75, 3.05) is 50.1 Å². The van der Waals surface area contributed by atoms with Gasteiger partial charge in [0.1, 0.15) is 47.6 Å². The zero-order valence-electron chi connectivity index (χ0n) is 23.7. The average Bonchev–Trinajstić information content (AvgIpc) is 3.60. The maximum atomic E-state index is 16.9. The molecule has 0 aliphatic carbocycles. The minimum absolute atomic E-state index is 0.0142. The number of hydrogen-bond donors (Lipinski definition) is 2. The molecule has 230 valence electrons. The van der Waals surface area contributed by atoms with E-state index in [0.717, 1.165) is 30.7 Å². The van der Waals surface area contributed by atoms with E-state index >= 15 is 4.39 Å². The number of hydrogen-bond acceptors (Lipinski definition) is 10. The Hall–Kier alpha value is -3.57. The van der Waals surface area contributed by atoms with Gasteiger partial charge in [-0.1, -0.05) is 17.7 Å². The van der Waals surface area contributed by atoms with Gasteiger partial charge in [0.2, 0.25) is 0 Å². The largest absolute Gasteiger partial charge is 0.489 e. The van der Waals surface area contributed by atoms with E-state index in [9.17, 15) is 19.1 Å². The standard InChI is InChI=1S/C30H28ClF3N6O3S/c1-14(12-41)40-7-8-42-25-21-24(37-29(38-28(21)40)43-13-30-5-2-6-39(30)11-15(32)9-30)23(34)20(22(25)31)16-3-4-18(33)26-19(16)17(10-35)27(36)44-26/h3-4,14-15,41H,2,5-9,11-13,36H2,1H3/t14?,15-,30+/m1/s1. The van der Waals surface area contributed by atoms with E-state index in [-0.39, 0.29) is 91.6 Å². The third kappa shape index (κ3) is 4.34. The normalized spacial score (nSPS) is 22.2. The van der Waals surface area contributed by atoms with Crippen molar-refractivity contribution < 1.29 is 27.8 Å². The van der Waals surface area contributed by atoms with Crippen LogP contribution in [0.3, 0.4) is 0 Å². The van der Waals surface area contributed by atoms with Crippen molar-refractivity contribution in [3.05, 3.63) is 34.4 Å². The van der Waals surface area contributed by atoms with Gasteiger partial charge in [0.15, 0.2) is 11.6 Å². The Kier molecular flexibility index (Phi) is 7.16. The number of thiophene rings is 1. The van der Waals surface area contributed by atoms with Crippen molar-refractivity contribution >= 4 is 54.7 Å². The lowest BCUT2D eigenvalue weighted by Gasteiger charge is -2.31.